The van der Waals surface area contributed by atoms with E-state index in [9.17, 15) is 14.7 Å². The van der Waals surface area contributed by atoms with E-state index >= 15 is 0 Å². The summed E-state index contributed by atoms with van der Waals surface area (Å²) in [6, 6.07) is 0. The van der Waals surface area contributed by atoms with E-state index in [1.54, 1.807) is 41.7 Å². The summed E-state index contributed by atoms with van der Waals surface area (Å²) in [6.45, 7) is 30.9. The topological polar surface area (TPSA) is 128 Å². The number of ether oxygens (including phenoxy) is 7. The number of Topliss-reactive ketones (excluding diaryl/α,β-unsaturated/α-hetero) is 1. The first-order valence-corrected chi connectivity index (χ1v) is 20.4. The van der Waals surface area contributed by atoms with E-state index in [1.165, 1.54) is 7.11 Å². The highest BCUT2D eigenvalue weighted by Crippen LogP contribution is 2.49. The van der Waals surface area contributed by atoms with Gasteiger partial charge >= 0.3 is 5.97 Å². The Bertz CT molecular complexity index is 1100. The normalized spacial score (nSPS) is 31.8. The fourth-order valence-electron chi connectivity index (χ4n) is 7.50. The van der Waals surface area contributed by atoms with Gasteiger partial charge in [-0.25, -0.2) is 0 Å². The highest BCUT2D eigenvalue weighted by Gasteiger charge is 2.62. The maximum absolute atomic E-state index is 14.4. The van der Waals surface area contributed by atoms with E-state index in [2.05, 4.69) is 33.9 Å². The molecule has 1 N–H and O–H groups in total. The molecular weight excluding hydrogens is 636 g/mol. The lowest BCUT2D eigenvalue weighted by Gasteiger charge is -2.46. The van der Waals surface area contributed by atoms with Crippen molar-refractivity contribution in [3.8, 4) is 0 Å². The highest BCUT2D eigenvalue weighted by atomic mass is 28.4. The van der Waals surface area contributed by atoms with Gasteiger partial charge in [0.15, 0.2) is 19.9 Å². The van der Waals surface area contributed by atoms with Gasteiger partial charge in [-0.05, 0) is 73.0 Å². The van der Waals surface area contributed by atoms with Crippen molar-refractivity contribution >= 4 is 20.1 Å². The Labute approximate surface area is 291 Å². The fourth-order valence-corrected chi connectivity index (χ4v) is 8.96. The number of esters is 1. The zero-order valence-electron chi connectivity index (χ0n) is 33.1. The standard InChI is InChI=1S/C36H68O11Si/c1-19-25(42-20-40-15)35(13)29(43-33(9,10)46-35)22(3)26(37)21(2)28(38)36(14)30(44-34(11,12)47-36)23(4)27(24(5)31(39)41-16)45-48(17,18)32(6,7)8/h21-25,27-30,38H,19-20H2,1-18H3. The first-order chi connectivity index (χ1) is 21.7. The number of methoxy groups -OCH3 is 2. The average molecular weight is 705 g/mol. The summed E-state index contributed by atoms with van der Waals surface area (Å²) in [7, 11) is 0.529. The van der Waals surface area contributed by atoms with Crippen LogP contribution in [0.2, 0.25) is 18.1 Å². The molecule has 282 valence electrons. The number of aliphatic hydroxyl groups excluding tert-OH is 1. The maximum Gasteiger partial charge on any atom is 0.310 e. The van der Waals surface area contributed by atoms with E-state index in [-0.39, 0.29) is 17.6 Å². The molecule has 48 heavy (non-hydrogen) atoms. The molecule has 0 aliphatic carbocycles. The van der Waals surface area contributed by atoms with E-state index in [4.69, 9.17) is 37.6 Å². The molecule has 0 aromatic carbocycles. The summed E-state index contributed by atoms with van der Waals surface area (Å²) in [5, 5.41) is 12.0. The summed E-state index contributed by atoms with van der Waals surface area (Å²) in [6.07, 6.45) is -3.10. The van der Waals surface area contributed by atoms with Gasteiger partial charge in [-0.3, -0.25) is 9.59 Å². The van der Waals surface area contributed by atoms with Gasteiger partial charge < -0.3 is 42.7 Å². The van der Waals surface area contributed by atoms with Crippen LogP contribution in [-0.2, 0) is 47.2 Å². The average Bonchev–Trinajstić information content (AvgIpc) is 3.39. The van der Waals surface area contributed by atoms with Crippen molar-refractivity contribution < 1.29 is 52.3 Å². The van der Waals surface area contributed by atoms with Crippen LogP contribution < -0.4 is 0 Å². The summed E-state index contributed by atoms with van der Waals surface area (Å²) < 4.78 is 49.2. The largest absolute Gasteiger partial charge is 0.469 e. The zero-order chi connectivity index (χ0) is 37.4. The summed E-state index contributed by atoms with van der Waals surface area (Å²) in [5.41, 5.74) is -2.31. The molecule has 0 amide bonds. The Hall–Kier alpha value is -0.963. The van der Waals surface area contributed by atoms with Crippen LogP contribution in [0.4, 0.5) is 0 Å². The lowest BCUT2D eigenvalue weighted by molar-refractivity contribution is -0.201. The molecule has 2 rings (SSSR count). The molecule has 11 atom stereocenters. The maximum atomic E-state index is 14.4. The second-order valence-electron chi connectivity index (χ2n) is 16.9. The van der Waals surface area contributed by atoms with E-state index < -0.39 is 91.3 Å². The third kappa shape index (κ3) is 8.90. The van der Waals surface area contributed by atoms with Crippen molar-refractivity contribution in [1.82, 2.24) is 0 Å². The molecule has 0 spiro atoms. The molecule has 2 fully saturated rings. The number of hydrogen-bond acceptors (Lipinski definition) is 11. The monoisotopic (exact) mass is 704 g/mol. The van der Waals surface area contributed by atoms with Crippen LogP contribution in [0.1, 0.15) is 103 Å². The number of rotatable bonds is 16. The summed E-state index contributed by atoms with van der Waals surface area (Å²) >= 11 is 0. The van der Waals surface area contributed by atoms with Crippen molar-refractivity contribution in [3.05, 3.63) is 0 Å². The van der Waals surface area contributed by atoms with Crippen molar-refractivity contribution in [2.24, 2.45) is 23.7 Å². The Kier molecular flexibility index (Phi) is 13.8. The Morgan fingerprint density at radius 1 is 0.854 bits per heavy atom. The second kappa shape index (κ2) is 15.3. The molecule has 0 bridgehead atoms. The number of ketones is 1. The first-order valence-electron chi connectivity index (χ1n) is 17.5. The number of carbonyl (C=O) groups excluding carboxylic acids is 2. The van der Waals surface area contributed by atoms with Gasteiger partial charge in [0, 0.05) is 24.9 Å². The van der Waals surface area contributed by atoms with E-state index in [1.807, 2.05) is 41.5 Å². The van der Waals surface area contributed by atoms with Gasteiger partial charge in [-0.15, -0.1) is 0 Å². The van der Waals surface area contributed by atoms with Crippen LogP contribution in [-0.4, -0.2) is 99.5 Å². The molecule has 2 aliphatic rings. The molecule has 2 aliphatic heterocycles. The number of aliphatic hydroxyl groups is 1. The first kappa shape index (κ1) is 43.2. The van der Waals surface area contributed by atoms with Gasteiger partial charge in [0.2, 0.25) is 0 Å². The minimum absolute atomic E-state index is 0.0713. The van der Waals surface area contributed by atoms with Crippen molar-refractivity contribution in [1.29, 1.82) is 0 Å². The quantitative estimate of drug-likeness (QED) is 0.111. The van der Waals surface area contributed by atoms with Crippen molar-refractivity contribution in [3.63, 3.8) is 0 Å². The summed E-state index contributed by atoms with van der Waals surface area (Å²) in [5.74, 6) is -5.28. The fraction of sp³-hybridized carbons (Fsp3) is 0.944. The number of carbonyl (C=O) groups is 2. The lowest BCUT2D eigenvalue weighted by Crippen LogP contribution is -2.59. The predicted molar refractivity (Wildman–Crippen MR) is 186 cm³/mol. The molecular formula is C36H68O11Si. The van der Waals surface area contributed by atoms with Gasteiger partial charge in [0.25, 0.3) is 0 Å². The Morgan fingerprint density at radius 3 is 1.81 bits per heavy atom. The van der Waals surface area contributed by atoms with Crippen LogP contribution in [0.3, 0.4) is 0 Å². The van der Waals surface area contributed by atoms with Crippen LogP contribution in [0, 0.1) is 23.7 Å². The van der Waals surface area contributed by atoms with Crippen molar-refractivity contribution in [2.45, 2.75) is 175 Å². The molecule has 11 nitrogen and oxygen atoms in total. The molecule has 12 heteroatoms. The zero-order valence-corrected chi connectivity index (χ0v) is 34.1. The van der Waals surface area contributed by atoms with Gasteiger partial charge in [0.05, 0.1) is 37.4 Å². The smallest absolute Gasteiger partial charge is 0.310 e. The third-order valence-electron chi connectivity index (χ3n) is 11.0. The third-order valence-corrected chi connectivity index (χ3v) is 15.5. The molecule has 0 saturated carbocycles. The molecule has 0 aromatic heterocycles. The molecule has 2 saturated heterocycles. The minimum atomic E-state index is -2.39. The van der Waals surface area contributed by atoms with Crippen LogP contribution in [0.15, 0.2) is 0 Å². The lowest BCUT2D eigenvalue weighted by atomic mass is 9.73. The van der Waals surface area contributed by atoms with Crippen LogP contribution >= 0.6 is 0 Å². The highest BCUT2D eigenvalue weighted by molar-refractivity contribution is 6.74. The number of hydrogen-bond donors (Lipinski definition) is 1. The van der Waals surface area contributed by atoms with Gasteiger partial charge in [-0.2, -0.15) is 0 Å². The Balaban J connectivity index is 2.51. The van der Waals surface area contributed by atoms with Gasteiger partial charge in [0.1, 0.15) is 29.9 Å². The molecule has 11 unspecified atom stereocenters. The summed E-state index contributed by atoms with van der Waals surface area (Å²) in [4.78, 5) is 27.3. The SMILES string of the molecule is CCC(OCOC)C1(C)OC(C)(C)OC1C(C)C(=O)C(C)C(O)C1(C)OC(C)(C)OC1C(C)C(O[Si](C)(C)C(C)(C)C)C(C)C(=O)OC. The predicted octanol–water partition coefficient (Wildman–Crippen LogP) is 6.24. The molecule has 0 aromatic rings. The second-order valence-corrected chi connectivity index (χ2v) is 21.6. The van der Waals surface area contributed by atoms with E-state index in [0.717, 1.165) is 0 Å². The van der Waals surface area contributed by atoms with Crippen LogP contribution in [0.25, 0.3) is 0 Å². The van der Waals surface area contributed by atoms with E-state index in [0.29, 0.717) is 6.42 Å². The van der Waals surface area contributed by atoms with Gasteiger partial charge in [-0.1, -0.05) is 48.5 Å². The van der Waals surface area contributed by atoms with Crippen LogP contribution in [0.5, 0.6) is 0 Å². The molecule has 2 heterocycles. The Morgan fingerprint density at radius 2 is 1.35 bits per heavy atom. The van der Waals surface area contributed by atoms with Crippen molar-refractivity contribution in [2.75, 3.05) is 21.0 Å². The molecule has 0 radical (unpaired) electrons. The minimum Gasteiger partial charge on any atom is -0.469 e.